The Bertz CT molecular complexity index is 1580. The Morgan fingerprint density at radius 3 is 1.88 bits per heavy atom. The average molecular weight is 600 g/mol. The van der Waals surface area contributed by atoms with Gasteiger partial charge in [-0.15, -0.1) is 0 Å². The molecule has 9 heteroatoms. The van der Waals surface area contributed by atoms with E-state index in [1.165, 1.54) is 17.0 Å². The van der Waals surface area contributed by atoms with E-state index in [1.54, 1.807) is 49.4 Å². The van der Waals surface area contributed by atoms with Crippen molar-refractivity contribution in [3.05, 3.63) is 121 Å². The highest BCUT2D eigenvalue weighted by Gasteiger charge is 2.32. The first kappa shape index (κ1) is 31.3. The molecule has 0 aliphatic carbocycles. The van der Waals surface area contributed by atoms with E-state index in [0.29, 0.717) is 11.5 Å². The zero-order valence-electron chi connectivity index (χ0n) is 24.6. The van der Waals surface area contributed by atoms with Crippen LogP contribution in [0.25, 0.3) is 0 Å². The van der Waals surface area contributed by atoms with Crippen molar-refractivity contribution in [3.8, 4) is 11.5 Å². The molecule has 0 spiro atoms. The number of ether oxygens (including phenoxy) is 1. The van der Waals surface area contributed by atoms with Crippen LogP contribution >= 0.6 is 0 Å². The summed E-state index contributed by atoms with van der Waals surface area (Å²) < 4.78 is 34.9. The molecular formula is C34H37N3O5S. The van der Waals surface area contributed by atoms with Crippen LogP contribution in [0.2, 0.25) is 0 Å². The highest BCUT2D eigenvalue weighted by Crippen LogP contribution is 2.28. The second kappa shape index (κ2) is 14.5. The first-order valence-electron chi connectivity index (χ1n) is 14.2. The zero-order valence-corrected chi connectivity index (χ0v) is 25.4. The Morgan fingerprint density at radius 2 is 1.30 bits per heavy atom. The van der Waals surface area contributed by atoms with E-state index < -0.39 is 28.5 Å². The molecule has 224 valence electrons. The van der Waals surface area contributed by atoms with Gasteiger partial charge < -0.3 is 15.0 Å². The standard InChI is InChI=1S/C34H37N3O5S/c1-4-26(2)35-34(39)27(3)36(24-28-14-8-5-9-15-28)33(38)25-37(43(40,41)32-18-12-7-13-19-32)29-20-22-31(23-21-29)42-30-16-10-6-11-17-30/h5-23,26-27H,4,24-25H2,1-3H3,(H,35,39)/t26-,27+/m0/s1. The number of para-hydroxylation sites is 1. The monoisotopic (exact) mass is 599 g/mol. The summed E-state index contributed by atoms with van der Waals surface area (Å²) in [5.41, 5.74) is 1.10. The molecule has 4 aromatic carbocycles. The van der Waals surface area contributed by atoms with Crippen LogP contribution in [-0.4, -0.2) is 43.8 Å². The lowest BCUT2D eigenvalue weighted by Gasteiger charge is -2.32. The summed E-state index contributed by atoms with van der Waals surface area (Å²) in [6, 6.07) is 32.1. The molecule has 4 aromatic rings. The molecule has 2 amide bonds. The molecule has 8 nitrogen and oxygen atoms in total. The molecular weight excluding hydrogens is 562 g/mol. The van der Waals surface area contributed by atoms with Crippen molar-refractivity contribution in [3.63, 3.8) is 0 Å². The summed E-state index contributed by atoms with van der Waals surface area (Å²) in [5, 5.41) is 2.94. The molecule has 0 fully saturated rings. The molecule has 0 aliphatic heterocycles. The third-order valence-corrected chi connectivity index (χ3v) is 8.87. The fourth-order valence-electron chi connectivity index (χ4n) is 4.38. The quantitative estimate of drug-likeness (QED) is 0.203. The lowest BCUT2D eigenvalue weighted by molar-refractivity contribution is -0.139. The number of rotatable bonds is 13. The molecule has 2 atom stereocenters. The molecule has 0 heterocycles. The largest absolute Gasteiger partial charge is 0.457 e. The summed E-state index contributed by atoms with van der Waals surface area (Å²) in [5.74, 6) is 0.332. The number of amides is 2. The van der Waals surface area contributed by atoms with Crippen molar-refractivity contribution >= 4 is 27.5 Å². The number of carbonyl (C=O) groups is 2. The van der Waals surface area contributed by atoms with E-state index in [4.69, 9.17) is 4.74 Å². The summed E-state index contributed by atoms with van der Waals surface area (Å²) in [7, 11) is -4.15. The SMILES string of the molecule is CC[C@H](C)NC(=O)[C@@H](C)N(Cc1ccccc1)C(=O)CN(c1ccc(Oc2ccccc2)cc1)S(=O)(=O)c1ccccc1. The second-order valence-corrected chi connectivity index (χ2v) is 12.1. The van der Waals surface area contributed by atoms with E-state index in [2.05, 4.69) is 5.32 Å². The zero-order chi connectivity index (χ0) is 30.8. The summed E-state index contributed by atoms with van der Waals surface area (Å²) in [4.78, 5) is 28.7. The predicted molar refractivity (Wildman–Crippen MR) is 168 cm³/mol. The van der Waals surface area contributed by atoms with Crippen LogP contribution in [0.5, 0.6) is 11.5 Å². The number of anilines is 1. The lowest BCUT2D eigenvalue weighted by atomic mass is 10.1. The number of benzene rings is 4. The van der Waals surface area contributed by atoms with E-state index in [0.717, 1.165) is 16.3 Å². The Morgan fingerprint density at radius 1 is 0.767 bits per heavy atom. The fraction of sp³-hybridized carbons (Fsp3) is 0.235. The van der Waals surface area contributed by atoms with Crippen molar-refractivity contribution in [2.75, 3.05) is 10.8 Å². The first-order valence-corrected chi connectivity index (χ1v) is 15.7. The van der Waals surface area contributed by atoms with Gasteiger partial charge in [-0.2, -0.15) is 0 Å². The average Bonchev–Trinajstić information content (AvgIpc) is 3.03. The van der Waals surface area contributed by atoms with Crippen LogP contribution in [0.3, 0.4) is 0 Å². The maximum atomic E-state index is 14.0. The van der Waals surface area contributed by atoms with E-state index in [1.807, 2.05) is 74.5 Å². The number of nitrogens with zero attached hydrogens (tertiary/aromatic N) is 2. The van der Waals surface area contributed by atoms with Gasteiger partial charge in [0.1, 0.15) is 24.1 Å². The van der Waals surface area contributed by atoms with Gasteiger partial charge in [0.2, 0.25) is 11.8 Å². The molecule has 0 aliphatic rings. The van der Waals surface area contributed by atoms with Gasteiger partial charge in [-0.1, -0.05) is 73.7 Å². The minimum absolute atomic E-state index is 0.0459. The smallest absolute Gasteiger partial charge is 0.264 e. The molecule has 4 rings (SSSR count). The number of carbonyl (C=O) groups excluding carboxylic acids is 2. The van der Waals surface area contributed by atoms with Crippen LogP contribution < -0.4 is 14.4 Å². The van der Waals surface area contributed by atoms with Crippen LogP contribution in [0, 0.1) is 0 Å². The number of nitrogens with one attached hydrogen (secondary N) is 1. The Hall–Kier alpha value is -4.63. The van der Waals surface area contributed by atoms with Gasteiger partial charge in [-0.25, -0.2) is 8.42 Å². The fourth-order valence-corrected chi connectivity index (χ4v) is 5.82. The molecule has 0 saturated heterocycles. The molecule has 0 bridgehead atoms. The van der Waals surface area contributed by atoms with E-state index >= 15 is 0 Å². The van der Waals surface area contributed by atoms with Gasteiger partial charge in [0, 0.05) is 12.6 Å². The molecule has 0 unspecified atom stereocenters. The Kier molecular flexibility index (Phi) is 10.6. The summed E-state index contributed by atoms with van der Waals surface area (Å²) in [6.07, 6.45) is 0.734. The highest BCUT2D eigenvalue weighted by molar-refractivity contribution is 7.92. The van der Waals surface area contributed by atoms with Crippen molar-refractivity contribution < 1.29 is 22.7 Å². The van der Waals surface area contributed by atoms with Crippen LogP contribution in [0.15, 0.2) is 120 Å². The third kappa shape index (κ3) is 8.23. The molecule has 0 radical (unpaired) electrons. The number of hydrogen-bond donors (Lipinski definition) is 1. The van der Waals surface area contributed by atoms with Gasteiger partial charge >= 0.3 is 0 Å². The lowest BCUT2D eigenvalue weighted by Crippen LogP contribution is -2.52. The topological polar surface area (TPSA) is 96.0 Å². The van der Waals surface area contributed by atoms with Crippen LogP contribution in [-0.2, 0) is 26.2 Å². The first-order chi connectivity index (χ1) is 20.7. The number of hydrogen-bond acceptors (Lipinski definition) is 5. The predicted octanol–water partition coefficient (Wildman–Crippen LogP) is 6.01. The summed E-state index contributed by atoms with van der Waals surface area (Å²) in [6.45, 7) is 5.14. The van der Waals surface area contributed by atoms with Gasteiger partial charge in [0.25, 0.3) is 10.0 Å². The molecule has 0 aromatic heterocycles. The van der Waals surface area contributed by atoms with Crippen molar-refractivity contribution in [2.24, 2.45) is 0 Å². The van der Waals surface area contributed by atoms with Gasteiger partial charge in [0.05, 0.1) is 10.6 Å². The molecule has 43 heavy (non-hydrogen) atoms. The highest BCUT2D eigenvalue weighted by atomic mass is 32.2. The molecule has 0 saturated carbocycles. The van der Waals surface area contributed by atoms with Crippen LogP contribution in [0.1, 0.15) is 32.8 Å². The van der Waals surface area contributed by atoms with Gasteiger partial charge in [-0.05, 0) is 74.4 Å². The maximum Gasteiger partial charge on any atom is 0.264 e. The minimum Gasteiger partial charge on any atom is -0.457 e. The number of sulfonamides is 1. The maximum absolute atomic E-state index is 14.0. The van der Waals surface area contributed by atoms with E-state index in [-0.39, 0.29) is 29.1 Å². The van der Waals surface area contributed by atoms with Crippen molar-refractivity contribution in [1.82, 2.24) is 10.2 Å². The van der Waals surface area contributed by atoms with Crippen LogP contribution in [0.4, 0.5) is 5.69 Å². The van der Waals surface area contributed by atoms with Gasteiger partial charge in [-0.3, -0.25) is 13.9 Å². The Labute approximate surface area is 254 Å². The normalized spacial score (nSPS) is 12.5. The van der Waals surface area contributed by atoms with Crippen molar-refractivity contribution in [1.29, 1.82) is 0 Å². The third-order valence-electron chi connectivity index (χ3n) is 7.08. The van der Waals surface area contributed by atoms with Gasteiger partial charge in [0.15, 0.2) is 0 Å². The van der Waals surface area contributed by atoms with Crippen molar-refractivity contribution in [2.45, 2.75) is 50.7 Å². The summed E-state index contributed by atoms with van der Waals surface area (Å²) >= 11 is 0. The van der Waals surface area contributed by atoms with E-state index in [9.17, 15) is 18.0 Å². The second-order valence-electron chi connectivity index (χ2n) is 10.2. The Balaban J connectivity index is 1.68. The minimum atomic E-state index is -4.15. The molecule has 1 N–H and O–H groups in total.